The Kier molecular flexibility index (Phi) is 3.01. The van der Waals surface area contributed by atoms with E-state index in [-0.39, 0.29) is 6.04 Å². The second kappa shape index (κ2) is 3.85. The van der Waals surface area contributed by atoms with Gasteiger partial charge in [0.25, 0.3) is 0 Å². The van der Waals surface area contributed by atoms with Gasteiger partial charge >= 0.3 is 0 Å². The van der Waals surface area contributed by atoms with E-state index in [2.05, 4.69) is 0 Å². The molecule has 0 saturated heterocycles. The number of rotatable bonds is 2. The van der Waals surface area contributed by atoms with Crippen LogP contribution in [-0.4, -0.2) is 7.11 Å². The van der Waals surface area contributed by atoms with Gasteiger partial charge in [-0.3, -0.25) is 0 Å². The van der Waals surface area contributed by atoms with Gasteiger partial charge in [0, 0.05) is 11.7 Å². The first kappa shape index (κ1) is 10.2. The minimum absolute atomic E-state index is 0.119. The molecule has 1 aromatic rings. The topological polar surface area (TPSA) is 61.3 Å². The summed E-state index contributed by atoms with van der Waals surface area (Å²) in [4.78, 5) is 0. The molecule has 0 aliphatic carbocycles. The molecule has 0 spiro atoms. The van der Waals surface area contributed by atoms with Gasteiger partial charge in [0.05, 0.1) is 12.1 Å². The molecular weight excluding hydrogens is 188 g/mol. The highest BCUT2D eigenvalue weighted by molar-refractivity contribution is 6.32. The van der Waals surface area contributed by atoms with Gasteiger partial charge in [-0.2, -0.15) is 0 Å². The Morgan fingerprint density at radius 3 is 2.54 bits per heavy atom. The van der Waals surface area contributed by atoms with E-state index in [4.69, 9.17) is 27.8 Å². The zero-order chi connectivity index (χ0) is 10.0. The third-order valence-corrected chi connectivity index (χ3v) is 2.14. The molecule has 0 heterocycles. The second-order valence-electron chi connectivity index (χ2n) is 2.90. The van der Waals surface area contributed by atoms with Crippen LogP contribution < -0.4 is 16.2 Å². The molecule has 4 N–H and O–H groups in total. The van der Waals surface area contributed by atoms with E-state index in [9.17, 15) is 0 Å². The molecule has 1 rings (SSSR count). The number of methoxy groups -OCH3 is 1. The lowest BCUT2D eigenvalue weighted by Gasteiger charge is -2.12. The molecule has 72 valence electrons. The Bertz CT molecular complexity index is 313. The molecule has 4 heteroatoms. The maximum absolute atomic E-state index is 5.86. The number of anilines is 1. The lowest BCUT2D eigenvalue weighted by Crippen LogP contribution is -2.08. The van der Waals surface area contributed by atoms with Crippen LogP contribution >= 0.6 is 11.6 Å². The SMILES string of the molecule is COc1cc(C(C)N)c(N)cc1Cl. The van der Waals surface area contributed by atoms with Crippen molar-refractivity contribution in [1.29, 1.82) is 0 Å². The zero-order valence-electron chi connectivity index (χ0n) is 7.67. The van der Waals surface area contributed by atoms with Gasteiger partial charge in [-0.1, -0.05) is 11.6 Å². The van der Waals surface area contributed by atoms with E-state index in [0.717, 1.165) is 5.56 Å². The number of hydrogen-bond donors (Lipinski definition) is 2. The lowest BCUT2D eigenvalue weighted by atomic mass is 10.1. The van der Waals surface area contributed by atoms with Crippen LogP contribution in [0.3, 0.4) is 0 Å². The summed E-state index contributed by atoms with van der Waals surface area (Å²) in [5, 5.41) is 0.504. The Labute approximate surface area is 82.6 Å². The molecule has 1 aromatic carbocycles. The summed E-state index contributed by atoms with van der Waals surface area (Å²) < 4.78 is 5.05. The molecule has 3 nitrogen and oxygen atoms in total. The summed E-state index contributed by atoms with van der Waals surface area (Å²) in [6.45, 7) is 1.86. The third kappa shape index (κ3) is 2.05. The van der Waals surface area contributed by atoms with E-state index in [1.54, 1.807) is 19.2 Å². The molecule has 0 amide bonds. The smallest absolute Gasteiger partial charge is 0.137 e. The van der Waals surface area contributed by atoms with Crippen LogP contribution in [0.15, 0.2) is 12.1 Å². The first-order valence-electron chi connectivity index (χ1n) is 3.94. The third-order valence-electron chi connectivity index (χ3n) is 1.85. The van der Waals surface area contributed by atoms with Crippen LogP contribution in [0.4, 0.5) is 5.69 Å². The number of benzene rings is 1. The minimum atomic E-state index is -0.119. The number of halogens is 1. The number of hydrogen-bond acceptors (Lipinski definition) is 3. The quantitative estimate of drug-likeness (QED) is 0.718. The highest BCUT2D eigenvalue weighted by atomic mass is 35.5. The molecule has 0 bridgehead atoms. The largest absolute Gasteiger partial charge is 0.495 e. The molecule has 0 aliphatic heterocycles. The van der Waals surface area contributed by atoms with Crippen molar-refractivity contribution in [3.8, 4) is 5.75 Å². The highest BCUT2D eigenvalue weighted by Crippen LogP contribution is 2.31. The van der Waals surface area contributed by atoms with Crippen molar-refractivity contribution < 1.29 is 4.74 Å². The molecule has 0 saturated carbocycles. The van der Waals surface area contributed by atoms with Crippen LogP contribution in [0.1, 0.15) is 18.5 Å². The van der Waals surface area contributed by atoms with Gasteiger partial charge in [-0.05, 0) is 24.6 Å². The van der Waals surface area contributed by atoms with Crippen LogP contribution in [0.5, 0.6) is 5.75 Å². The van der Waals surface area contributed by atoms with E-state index < -0.39 is 0 Å². The number of ether oxygens (including phenoxy) is 1. The first-order valence-corrected chi connectivity index (χ1v) is 4.32. The average molecular weight is 201 g/mol. The Morgan fingerprint density at radius 2 is 2.08 bits per heavy atom. The Hall–Kier alpha value is -0.930. The van der Waals surface area contributed by atoms with Gasteiger partial charge in [0.15, 0.2) is 0 Å². The molecule has 0 fully saturated rings. The maximum atomic E-state index is 5.86. The van der Waals surface area contributed by atoms with Crippen molar-refractivity contribution in [2.45, 2.75) is 13.0 Å². The molecule has 1 atom stereocenters. The Balaban J connectivity index is 3.22. The van der Waals surface area contributed by atoms with Gasteiger partial charge in [0.2, 0.25) is 0 Å². The van der Waals surface area contributed by atoms with Crippen LogP contribution in [0.25, 0.3) is 0 Å². The second-order valence-corrected chi connectivity index (χ2v) is 3.31. The lowest BCUT2D eigenvalue weighted by molar-refractivity contribution is 0.414. The Morgan fingerprint density at radius 1 is 1.46 bits per heavy atom. The number of nitrogen functional groups attached to an aromatic ring is 1. The predicted octanol–water partition coefficient (Wildman–Crippen LogP) is 1.95. The summed E-state index contributed by atoms with van der Waals surface area (Å²) in [5.41, 5.74) is 12.9. The fourth-order valence-corrected chi connectivity index (χ4v) is 1.38. The molecule has 0 aromatic heterocycles. The van der Waals surface area contributed by atoms with Crippen molar-refractivity contribution >= 4 is 17.3 Å². The molecule has 13 heavy (non-hydrogen) atoms. The van der Waals surface area contributed by atoms with Gasteiger partial charge in [0.1, 0.15) is 5.75 Å². The van der Waals surface area contributed by atoms with Crippen LogP contribution in [0, 0.1) is 0 Å². The fraction of sp³-hybridized carbons (Fsp3) is 0.333. The highest BCUT2D eigenvalue weighted by Gasteiger charge is 2.09. The molecule has 0 radical (unpaired) electrons. The summed E-state index contributed by atoms with van der Waals surface area (Å²) in [6, 6.07) is 3.30. The van der Waals surface area contributed by atoms with Crippen molar-refractivity contribution in [3.05, 3.63) is 22.7 Å². The molecular formula is C9H13ClN2O. The van der Waals surface area contributed by atoms with Gasteiger partial charge < -0.3 is 16.2 Å². The van der Waals surface area contributed by atoms with E-state index in [1.807, 2.05) is 6.92 Å². The van der Waals surface area contributed by atoms with Crippen LogP contribution in [-0.2, 0) is 0 Å². The summed E-state index contributed by atoms with van der Waals surface area (Å²) in [7, 11) is 1.56. The van der Waals surface area contributed by atoms with Gasteiger partial charge in [-0.15, -0.1) is 0 Å². The normalized spacial score (nSPS) is 12.6. The zero-order valence-corrected chi connectivity index (χ0v) is 8.43. The maximum Gasteiger partial charge on any atom is 0.137 e. The van der Waals surface area contributed by atoms with E-state index in [1.165, 1.54) is 0 Å². The molecule has 0 aliphatic rings. The minimum Gasteiger partial charge on any atom is -0.495 e. The number of nitrogens with two attached hydrogens (primary N) is 2. The standard InChI is InChI=1S/C9H13ClN2O/c1-5(11)6-3-9(13-2)7(10)4-8(6)12/h3-5H,11-12H2,1-2H3. The van der Waals surface area contributed by atoms with Crippen molar-refractivity contribution in [2.75, 3.05) is 12.8 Å². The fourth-order valence-electron chi connectivity index (χ4n) is 1.14. The van der Waals surface area contributed by atoms with E-state index >= 15 is 0 Å². The summed E-state index contributed by atoms with van der Waals surface area (Å²) >= 11 is 5.86. The van der Waals surface area contributed by atoms with Gasteiger partial charge in [-0.25, -0.2) is 0 Å². The molecule has 1 unspecified atom stereocenters. The average Bonchev–Trinajstić information content (AvgIpc) is 2.03. The van der Waals surface area contributed by atoms with Crippen molar-refractivity contribution in [3.63, 3.8) is 0 Å². The van der Waals surface area contributed by atoms with Crippen molar-refractivity contribution in [1.82, 2.24) is 0 Å². The summed E-state index contributed by atoms with van der Waals surface area (Å²) in [5.74, 6) is 0.600. The first-order chi connectivity index (χ1) is 6.06. The predicted molar refractivity (Wildman–Crippen MR) is 55.0 cm³/mol. The summed E-state index contributed by atoms with van der Waals surface area (Å²) in [6.07, 6.45) is 0. The van der Waals surface area contributed by atoms with E-state index in [0.29, 0.717) is 16.5 Å². The van der Waals surface area contributed by atoms with Crippen LogP contribution in [0.2, 0.25) is 5.02 Å². The van der Waals surface area contributed by atoms with Crippen molar-refractivity contribution in [2.24, 2.45) is 5.73 Å². The monoisotopic (exact) mass is 200 g/mol.